The van der Waals surface area contributed by atoms with Gasteiger partial charge in [-0.3, -0.25) is 4.98 Å². The van der Waals surface area contributed by atoms with E-state index in [2.05, 4.69) is 42.2 Å². The van der Waals surface area contributed by atoms with Crippen molar-refractivity contribution >= 4 is 17.3 Å². The van der Waals surface area contributed by atoms with Crippen molar-refractivity contribution in [1.82, 2.24) is 15.0 Å². The molecular weight excluding hydrogens is 328 g/mol. The summed E-state index contributed by atoms with van der Waals surface area (Å²) in [5, 5.41) is 13.1. The lowest BCUT2D eigenvalue weighted by molar-refractivity contribution is 0.266. The van der Waals surface area contributed by atoms with Gasteiger partial charge in [0, 0.05) is 44.1 Å². The van der Waals surface area contributed by atoms with Gasteiger partial charge in [-0.15, -0.1) is 0 Å². The third-order valence-electron chi connectivity index (χ3n) is 5.37. The Labute approximate surface area is 154 Å². The van der Waals surface area contributed by atoms with Crippen LogP contribution >= 0.6 is 0 Å². The van der Waals surface area contributed by atoms with E-state index in [1.54, 1.807) is 12.5 Å². The maximum absolute atomic E-state index is 9.56. The summed E-state index contributed by atoms with van der Waals surface area (Å²) in [6.45, 7) is 3.08. The van der Waals surface area contributed by atoms with Gasteiger partial charge >= 0.3 is 0 Å². The zero-order valence-corrected chi connectivity index (χ0v) is 15.0. The van der Waals surface area contributed by atoms with Gasteiger partial charge in [-0.2, -0.15) is 0 Å². The first kappa shape index (κ1) is 17.0. The summed E-state index contributed by atoms with van der Waals surface area (Å²) in [6, 6.07) is 6.74. The van der Waals surface area contributed by atoms with Crippen LogP contribution in [-0.2, 0) is 0 Å². The number of aromatic nitrogens is 3. The average Bonchev–Trinajstić information content (AvgIpc) is 3.18. The van der Waals surface area contributed by atoms with Gasteiger partial charge in [-0.25, -0.2) is 9.97 Å². The Morgan fingerprint density at radius 2 is 1.96 bits per heavy atom. The van der Waals surface area contributed by atoms with Crippen molar-refractivity contribution in [3.63, 3.8) is 0 Å². The second-order valence-electron chi connectivity index (χ2n) is 7.05. The van der Waals surface area contributed by atoms with E-state index in [0.717, 1.165) is 62.6 Å². The molecule has 1 unspecified atom stereocenters. The molecule has 7 nitrogen and oxygen atoms in total. The normalized spacial score (nSPS) is 21.2. The van der Waals surface area contributed by atoms with E-state index in [1.165, 1.54) is 0 Å². The molecule has 2 fully saturated rings. The largest absolute Gasteiger partial charge is 0.394 e. The van der Waals surface area contributed by atoms with Crippen LogP contribution in [0.3, 0.4) is 0 Å². The highest BCUT2D eigenvalue weighted by Gasteiger charge is 2.26. The fourth-order valence-corrected chi connectivity index (χ4v) is 3.93. The van der Waals surface area contributed by atoms with E-state index in [1.807, 2.05) is 12.3 Å². The van der Waals surface area contributed by atoms with Gasteiger partial charge < -0.3 is 20.2 Å². The molecule has 2 aliphatic rings. The fourth-order valence-electron chi connectivity index (χ4n) is 3.93. The van der Waals surface area contributed by atoms with Crippen molar-refractivity contribution in [2.75, 3.05) is 41.4 Å². The Bertz CT molecular complexity index is 704. The number of aliphatic hydroxyl groups excluding tert-OH is 1. The molecule has 0 radical (unpaired) electrons. The first-order valence-electron chi connectivity index (χ1n) is 9.44. The zero-order valence-electron chi connectivity index (χ0n) is 15.0. The topological polar surface area (TPSA) is 77.4 Å². The molecule has 4 heterocycles. The molecule has 4 rings (SSSR count). The molecule has 0 aromatic carbocycles. The van der Waals surface area contributed by atoms with Crippen molar-refractivity contribution in [2.45, 2.75) is 37.8 Å². The van der Waals surface area contributed by atoms with Crippen molar-refractivity contribution in [3.8, 4) is 0 Å². The van der Waals surface area contributed by atoms with E-state index >= 15 is 0 Å². The summed E-state index contributed by atoms with van der Waals surface area (Å²) < 4.78 is 0. The first-order chi connectivity index (χ1) is 12.8. The van der Waals surface area contributed by atoms with E-state index in [-0.39, 0.29) is 12.6 Å². The van der Waals surface area contributed by atoms with Crippen LogP contribution in [0.2, 0.25) is 0 Å². The Morgan fingerprint density at radius 1 is 1.12 bits per heavy atom. The summed E-state index contributed by atoms with van der Waals surface area (Å²) >= 11 is 0. The van der Waals surface area contributed by atoms with E-state index < -0.39 is 0 Å². The van der Waals surface area contributed by atoms with Gasteiger partial charge in [0.1, 0.15) is 18.0 Å². The van der Waals surface area contributed by atoms with E-state index in [0.29, 0.717) is 6.04 Å². The average molecular weight is 354 g/mol. The molecular formula is C19H26N6O. The number of piperidine rings is 1. The molecule has 138 valence electrons. The lowest BCUT2D eigenvalue weighted by Crippen LogP contribution is -2.40. The standard InChI is InChI=1S/C19H26N6O/c26-13-17-4-2-8-25(17)19-11-18(21-14-22-19)24-9-5-15(6-10-24)23-16-3-1-7-20-12-16/h1,3,7,11-12,14-15,17,23,26H,2,4-6,8-10,13H2. The van der Waals surface area contributed by atoms with Gasteiger partial charge in [0.05, 0.1) is 18.3 Å². The monoisotopic (exact) mass is 354 g/mol. The number of hydrogen-bond acceptors (Lipinski definition) is 7. The van der Waals surface area contributed by atoms with Crippen molar-refractivity contribution in [3.05, 3.63) is 36.9 Å². The van der Waals surface area contributed by atoms with Crippen LogP contribution in [-0.4, -0.2) is 58.4 Å². The Morgan fingerprint density at radius 3 is 2.73 bits per heavy atom. The zero-order chi connectivity index (χ0) is 17.8. The number of rotatable bonds is 5. The lowest BCUT2D eigenvalue weighted by atomic mass is 10.0. The number of pyridine rings is 1. The molecule has 0 aliphatic carbocycles. The first-order valence-corrected chi connectivity index (χ1v) is 9.44. The van der Waals surface area contributed by atoms with Crippen molar-refractivity contribution in [2.24, 2.45) is 0 Å². The number of hydrogen-bond donors (Lipinski definition) is 2. The second-order valence-corrected chi connectivity index (χ2v) is 7.05. The number of aliphatic hydroxyl groups is 1. The van der Waals surface area contributed by atoms with Crippen LogP contribution in [0.5, 0.6) is 0 Å². The molecule has 2 aromatic rings. The molecule has 0 saturated carbocycles. The fraction of sp³-hybridized carbons (Fsp3) is 0.526. The SMILES string of the molecule is OCC1CCCN1c1cc(N2CCC(Nc3cccnc3)CC2)ncn1. The van der Waals surface area contributed by atoms with Gasteiger partial charge in [0.15, 0.2) is 0 Å². The summed E-state index contributed by atoms with van der Waals surface area (Å²) in [5.41, 5.74) is 1.08. The van der Waals surface area contributed by atoms with Crippen LogP contribution in [0.1, 0.15) is 25.7 Å². The molecule has 2 aromatic heterocycles. The molecule has 0 amide bonds. The van der Waals surface area contributed by atoms with Gasteiger partial charge in [-0.1, -0.05) is 0 Å². The highest BCUT2D eigenvalue weighted by molar-refractivity contribution is 5.52. The molecule has 1 atom stereocenters. The molecule has 0 spiro atoms. The van der Waals surface area contributed by atoms with Crippen LogP contribution in [0.25, 0.3) is 0 Å². The van der Waals surface area contributed by atoms with Crippen LogP contribution in [0.4, 0.5) is 17.3 Å². The Balaban J connectivity index is 1.38. The molecule has 2 saturated heterocycles. The Kier molecular flexibility index (Phi) is 5.15. The molecule has 26 heavy (non-hydrogen) atoms. The maximum atomic E-state index is 9.56. The van der Waals surface area contributed by atoms with Gasteiger partial charge in [-0.05, 0) is 37.8 Å². The molecule has 2 aliphatic heterocycles. The quantitative estimate of drug-likeness (QED) is 0.849. The maximum Gasteiger partial charge on any atom is 0.134 e. The summed E-state index contributed by atoms with van der Waals surface area (Å²) in [6.07, 6.45) is 9.59. The predicted octanol–water partition coefficient (Wildman–Crippen LogP) is 1.91. The molecule has 0 bridgehead atoms. The van der Waals surface area contributed by atoms with Crippen LogP contribution in [0.15, 0.2) is 36.9 Å². The number of nitrogens with zero attached hydrogens (tertiary/aromatic N) is 5. The number of anilines is 3. The smallest absolute Gasteiger partial charge is 0.134 e. The summed E-state index contributed by atoms with van der Waals surface area (Å²) in [5.74, 6) is 1.92. The van der Waals surface area contributed by atoms with Crippen LogP contribution in [0, 0.1) is 0 Å². The van der Waals surface area contributed by atoms with E-state index in [9.17, 15) is 5.11 Å². The number of nitrogens with one attached hydrogen (secondary N) is 1. The minimum atomic E-state index is 0.185. The molecule has 2 N–H and O–H groups in total. The third-order valence-corrected chi connectivity index (χ3v) is 5.37. The molecule has 7 heteroatoms. The van der Waals surface area contributed by atoms with Crippen molar-refractivity contribution in [1.29, 1.82) is 0 Å². The van der Waals surface area contributed by atoms with E-state index in [4.69, 9.17) is 0 Å². The highest BCUT2D eigenvalue weighted by atomic mass is 16.3. The summed E-state index contributed by atoms with van der Waals surface area (Å²) in [4.78, 5) is 17.6. The second kappa shape index (κ2) is 7.86. The Hall–Kier alpha value is -2.41. The summed E-state index contributed by atoms with van der Waals surface area (Å²) in [7, 11) is 0. The van der Waals surface area contributed by atoms with Crippen LogP contribution < -0.4 is 15.1 Å². The minimum absolute atomic E-state index is 0.185. The lowest BCUT2D eigenvalue weighted by Gasteiger charge is -2.34. The van der Waals surface area contributed by atoms with Gasteiger partial charge in [0.2, 0.25) is 0 Å². The highest BCUT2D eigenvalue weighted by Crippen LogP contribution is 2.27. The third kappa shape index (κ3) is 3.72. The predicted molar refractivity (Wildman–Crippen MR) is 103 cm³/mol. The minimum Gasteiger partial charge on any atom is -0.394 e. The van der Waals surface area contributed by atoms with Crippen molar-refractivity contribution < 1.29 is 5.11 Å². The van der Waals surface area contributed by atoms with Gasteiger partial charge in [0.25, 0.3) is 0 Å².